The Morgan fingerprint density at radius 3 is 2.68 bits per heavy atom. The van der Waals surface area contributed by atoms with Crippen LogP contribution in [0, 0.1) is 11.3 Å². The maximum Gasteiger partial charge on any atom is 0.335 e. The van der Waals surface area contributed by atoms with Crippen LogP contribution >= 0.6 is 11.6 Å². The smallest absolute Gasteiger partial charge is 0.335 e. The average molecular weight is 275 g/mol. The SMILES string of the molecule is N#Cc1ccc(Oc2ccc(C(=O)O)cc2Cl)cn1. The van der Waals surface area contributed by atoms with Crippen LogP contribution < -0.4 is 4.74 Å². The molecule has 0 saturated carbocycles. The number of pyridine rings is 1. The van der Waals surface area contributed by atoms with Gasteiger partial charge in [0.05, 0.1) is 16.8 Å². The molecule has 0 fully saturated rings. The van der Waals surface area contributed by atoms with Crippen LogP contribution in [0.25, 0.3) is 0 Å². The summed E-state index contributed by atoms with van der Waals surface area (Å²) in [7, 11) is 0. The van der Waals surface area contributed by atoms with Crippen molar-refractivity contribution in [2.75, 3.05) is 0 Å². The van der Waals surface area contributed by atoms with E-state index in [0.717, 1.165) is 0 Å². The number of rotatable bonds is 3. The Kier molecular flexibility index (Phi) is 3.64. The van der Waals surface area contributed by atoms with Gasteiger partial charge in [-0.15, -0.1) is 0 Å². The Morgan fingerprint density at radius 1 is 1.37 bits per heavy atom. The Balaban J connectivity index is 2.23. The minimum atomic E-state index is -1.06. The molecule has 0 aliphatic heterocycles. The molecule has 2 rings (SSSR count). The maximum absolute atomic E-state index is 10.8. The third kappa shape index (κ3) is 3.00. The largest absolute Gasteiger partial charge is 0.478 e. The summed E-state index contributed by atoms with van der Waals surface area (Å²) in [5.74, 6) is -0.337. The Labute approximate surface area is 113 Å². The lowest BCUT2D eigenvalue weighted by molar-refractivity contribution is 0.0697. The minimum absolute atomic E-state index is 0.0790. The van der Waals surface area contributed by atoms with E-state index in [0.29, 0.717) is 11.5 Å². The van der Waals surface area contributed by atoms with Gasteiger partial charge in [0.25, 0.3) is 0 Å². The molecule has 94 valence electrons. The zero-order valence-corrected chi connectivity index (χ0v) is 10.3. The highest BCUT2D eigenvalue weighted by Gasteiger charge is 2.08. The highest BCUT2D eigenvalue weighted by atomic mass is 35.5. The van der Waals surface area contributed by atoms with Crippen molar-refractivity contribution in [1.82, 2.24) is 4.98 Å². The molecule has 6 heteroatoms. The number of aromatic carboxylic acids is 1. The van der Waals surface area contributed by atoms with E-state index in [9.17, 15) is 4.79 Å². The van der Waals surface area contributed by atoms with E-state index in [1.165, 1.54) is 30.5 Å². The van der Waals surface area contributed by atoms with E-state index in [2.05, 4.69) is 4.98 Å². The predicted molar refractivity (Wildman–Crippen MR) is 67.4 cm³/mol. The summed E-state index contributed by atoms with van der Waals surface area (Å²) in [6.45, 7) is 0. The van der Waals surface area contributed by atoms with Crippen molar-refractivity contribution >= 4 is 17.6 Å². The van der Waals surface area contributed by atoms with Crippen LogP contribution in [0.3, 0.4) is 0 Å². The van der Waals surface area contributed by atoms with Crippen molar-refractivity contribution in [1.29, 1.82) is 5.26 Å². The van der Waals surface area contributed by atoms with E-state index in [4.69, 9.17) is 26.7 Å². The van der Waals surface area contributed by atoms with Gasteiger partial charge in [-0.05, 0) is 30.3 Å². The molecule has 5 nitrogen and oxygen atoms in total. The van der Waals surface area contributed by atoms with Gasteiger partial charge in [-0.25, -0.2) is 9.78 Å². The standard InChI is InChI=1S/C13H7ClN2O3/c14-11-5-8(13(17)18)1-4-12(11)19-10-3-2-9(6-15)16-7-10/h1-5,7H,(H,17,18). The molecule has 1 aromatic carbocycles. The lowest BCUT2D eigenvalue weighted by Crippen LogP contribution is -1.96. The number of benzene rings is 1. The van der Waals surface area contributed by atoms with Crippen LogP contribution in [0.4, 0.5) is 0 Å². The second-order valence-electron chi connectivity index (χ2n) is 3.54. The number of aromatic nitrogens is 1. The molecular weight excluding hydrogens is 268 g/mol. The monoisotopic (exact) mass is 274 g/mol. The van der Waals surface area contributed by atoms with Crippen LogP contribution in [0.2, 0.25) is 5.02 Å². The first kappa shape index (κ1) is 12.9. The number of ether oxygens (including phenoxy) is 1. The Morgan fingerprint density at radius 2 is 2.16 bits per heavy atom. The molecule has 0 radical (unpaired) electrons. The van der Waals surface area contributed by atoms with Gasteiger partial charge >= 0.3 is 5.97 Å². The van der Waals surface area contributed by atoms with Crippen molar-refractivity contribution in [2.45, 2.75) is 0 Å². The normalized spacial score (nSPS) is 9.68. The van der Waals surface area contributed by atoms with E-state index in [1.807, 2.05) is 6.07 Å². The fourth-order valence-electron chi connectivity index (χ4n) is 1.35. The van der Waals surface area contributed by atoms with Gasteiger partial charge in [0, 0.05) is 0 Å². The molecule has 0 amide bonds. The quantitative estimate of drug-likeness (QED) is 0.930. The zero-order chi connectivity index (χ0) is 13.8. The van der Waals surface area contributed by atoms with E-state index >= 15 is 0 Å². The third-order valence-electron chi connectivity index (χ3n) is 2.26. The van der Waals surface area contributed by atoms with Crippen LogP contribution in [-0.4, -0.2) is 16.1 Å². The van der Waals surface area contributed by atoms with Gasteiger partial charge in [0.15, 0.2) is 0 Å². The van der Waals surface area contributed by atoms with E-state index in [-0.39, 0.29) is 16.3 Å². The molecule has 0 aliphatic rings. The molecule has 0 spiro atoms. The molecule has 1 aromatic heterocycles. The number of nitrogens with zero attached hydrogens (tertiary/aromatic N) is 2. The maximum atomic E-state index is 10.8. The predicted octanol–water partition coefficient (Wildman–Crippen LogP) is 3.10. The first-order valence-corrected chi connectivity index (χ1v) is 5.55. The molecule has 2 aromatic rings. The van der Waals surface area contributed by atoms with E-state index < -0.39 is 5.97 Å². The minimum Gasteiger partial charge on any atom is -0.478 e. The fraction of sp³-hybridized carbons (Fsp3) is 0. The molecule has 1 N–H and O–H groups in total. The number of hydrogen-bond acceptors (Lipinski definition) is 4. The van der Waals surface area contributed by atoms with Gasteiger partial charge in [0.1, 0.15) is 23.3 Å². The lowest BCUT2D eigenvalue weighted by atomic mass is 10.2. The first-order chi connectivity index (χ1) is 9.10. The summed E-state index contributed by atoms with van der Waals surface area (Å²) in [5.41, 5.74) is 0.356. The van der Waals surface area contributed by atoms with Crippen LogP contribution in [0.5, 0.6) is 11.5 Å². The van der Waals surface area contributed by atoms with Gasteiger partial charge in [-0.1, -0.05) is 11.6 Å². The van der Waals surface area contributed by atoms with Crippen LogP contribution in [0.1, 0.15) is 16.1 Å². The summed E-state index contributed by atoms with van der Waals surface area (Å²) in [4.78, 5) is 14.6. The molecule has 0 saturated heterocycles. The number of carbonyl (C=O) groups is 1. The molecule has 1 heterocycles. The summed E-state index contributed by atoms with van der Waals surface area (Å²) in [5, 5.41) is 17.6. The molecule has 19 heavy (non-hydrogen) atoms. The third-order valence-corrected chi connectivity index (χ3v) is 2.55. The zero-order valence-electron chi connectivity index (χ0n) is 9.50. The lowest BCUT2D eigenvalue weighted by Gasteiger charge is -2.07. The summed E-state index contributed by atoms with van der Waals surface area (Å²) < 4.78 is 5.45. The van der Waals surface area contributed by atoms with Crippen molar-refractivity contribution in [2.24, 2.45) is 0 Å². The van der Waals surface area contributed by atoms with Gasteiger partial charge in [-0.2, -0.15) is 5.26 Å². The number of carboxylic acids is 1. The van der Waals surface area contributed by atoms with Gasteiger partial charge in [-0.3, -0.25) is 0 Å². The fourth-order valence-corrected chi connectivity index (χ4v) is 1.57. The highest BCUT2D eigenvalue weighted by molar-refractivity contribution is 6.32. The second-order valence-corrected chi connectivity index (χ2v) is 3.95. The number of nitriles is 1. The van der Waals surface area contributed by atoms with E-state index in [1.54, 1.807) is 6.07 Å². The molecular formula is C13H7ClN2O3. The van der Waals surface area contributed by atoms with Crippen molar-refractivity contribution in [3.8, 4) is 17.6 Å². The van der Waals surface area contributed by atoms with Gasteiger partial charge < -0.3 is 9.84 Å². The average Bonchev–Trinajstić information content (AvgIpc) is 2.41. The molecule has 0 aliphatic carbocycles. The first-order valence-electron chi connectivity index (χ1n) is 5.17. The van der Waals surface area contributed by atoms with Crippen LogP contribution in [0.15, 0.2) is 36.5 Å². The van der Waals surface area contributed by atoms with Crippen molar-refractivity contribution in [3.63, 3.8) is 0 Å². The summed E-state index contributed by atoms with van der Waals surface area (Å²) in [6, 6.07) is 9.13. The topological polar surface area (TPSA) is 83.2 Å². The second kappa shape index (κ2) is 5.38. The number of carboxylic acid groups (broad SMARTS) is 1. The summed E-state index contributed by atoms with van der Waals surface area (Å²) >= 11 is 5.92. The molecule has 0 atom stereocenters. The van der Waals surface area contributed by atoms with Gasteiger partial charge in [0.2, 0.25) is 0 Å². The van der Waals surface area contributed by atoms with Crippen LogP contribution in [-0.2, 0) is 0 Å². The van der Waals surface area contributed by atoms with Crippen molar-refractivity contribution < 1.29 is 14.6 Å². The Bertz CT molecular complexity index is 663. The highest BCUT2D eigenvalue weighted by Crippen LogP contribution is 2.29. The Hall–Kier alpha value is -2.58. The number of hydrogen-bond donors (Lipinski definition) is 1. The molecule has 0 bridgehead atoms. The summed E-state index contributed by atoms with van der Waals surface area (Å²) in [6.07, 6.45) is 1.39. The number of halogens is 1. The molecule has 0 unspecified atom stereocenters. The van der Waals surface area contributed by atoms with Crippen molar-refractivity contribution in [3.05, 3.63) is 52.8 Å².